The number of hydrogen-bond donors (Lipinski definition) is 2. The molecule has 0 aliphatic carbocycles. The van der Waals surface area contributed by atoms with E-state index in [0.717, 1.165) is 24.3 Å². The standard InChI is InChI=1S/C11H11Cl2N3S/c12-8-3-10(14)11(4-9(8)13)15-2-1-7-5-17-6-16-7/h3-6,15H,1-2,14H2. The van der Waals surface area contributed by atoms with Gasteiger partial charge in [0.25, 0.3) is 0 Å². The number of benzene rings is 1. The van der Waals surface area contributed by atoms with Gasteiger partial charge in [-0.15, -0.1) is 11.3 Å². The molecule has 0 spiro atoms. The molecule has 6 heteroatoms. The van der Waals surface area contributed by atoms with Crippen molar-refractivity contribution in [3.8, 4) is 0 Å². The Kier molecular flexibility index (Phi) is 4.10. The third-order valence-corrected chi connectivity index (χ3v) is 3.63. The van der Waals surface area contributed by atoms with Crippen molar-refractivity contribution in [1.29, 1.82) is 0 Å². The van der Waals surface area contributed by atoms with Crippen molar-refractivity contribution in [2.24, 2.45) is 0 Å². The maximum Gasteiger partial charge on any atom is 0.0794 e. The summed E-state index contributed by atoms with van der Waals surface area (Å²) in [5, 5.41) is 6.21. The highest BCUT2D eigenvalue weighted by Crippen LogP contribution is 2.30. The Balaban J connectivity index is 1.97. The number of nitrogens with two attached hydrogens (primary N) is 1. The molecule has 0 amide bonds. The van der Waals surface area contributed by atoms with Gasteiger partial charge in [0.2, 0.25) is 0 Å². The van der Waals surface area contributed by atoms with Crippen LogP contribution in [-0.4, -0.2) is 11.5 Å². The highest BCUT2D eigenvalue weighted by molar-refractivity contribution is 7.07. The van der Waals surface area contributed by atoms with Gasteiger partial charge in [0.15, 0.2) is 0 Å². The minimum atomic E-state index is 0.467. The molecular formula is C11H11Cl2N3S. The van der Waals surface area contributed by atoms with Gasteiger partial charge in [0, 0.05) is 18.3 Å². The summed E-state index contributed by atoms with van der Waals surface area (Å²) in [6.07, 6.45) is 0.850. The van der Waals surface area contributed by atoms with E-state index >= 15 is 0 Å². The second kappa shape index (κ2) is 5.58. The maximum absolute atomic E-state index is 5.93. The number of nitrogens with zero attached hydrogens (tertiary/aromatic N) is 1. The number of anilines is 2. The largest absolute Gasteiger partial charge is 0.397 e. The van der Waals surface area contributed by atoms with Crippen molar-refractivity contribution < 1.29 is 0 Å². The molecular weight excluding hydrogens is 277 g/mol. The van der Waals surface area contributed by atoms with E-state index < -0.39 is 0 Å². The van der Waals surface area contributed by atoms with Crippen LogP contribution < -0.4 is 11.1 Å². The minimum Gasteiger partial charge on any atom is -0.397 e. The van der Waals surface area contributed by atoms with Gasteiger partial charge in [0.1, 0.15) is 0 Å². The van der Waals surface area contributed by atoms with Gasteiger partial charge < -0.3 is 11.1 Å². The van der Waals surface area contributed by atoms with Crippen LogP contribution in [0.4, 0.5) is 11.4 Å². The van der Waals surface area contributed by atoms with Crippen LogP contribution in [0.1, 0.15) is 5.69 Å². The van der Waals surface area contributed by atoms with E-state index in [-0.39, 0.29) is 0 Å². The SMILES string of the molecule is Nc1cc(Cl)c(Cl)cc1NCCc1cscn1. The topological polar surface area (TPSA) is 50.9 Å². The number of rotatable bonds is 4. The summed E-state index contributed by atoms with van der Waals surface area (Å²) in [5.74, 6) is 0. The predicted octanol–water partition coefficient (Wildman–Crippen LogP) is 3.69. The van der Waals surface area contributed by atoms with Gasteiger partial charge in [0.05, 0.1) is 32.6 Å². The summed E-state index contributed by atoms with van der Waals surface area (Å²) < 4.78 is 0. The Morgan fingerprint density at radius 1 is 1.29 bits per heavy atom. The first-order valence-electron chi connectivity index (χ1n) is 5.02. The van der Waals surface area contributed by atoms with Crippen LogP contribution in [0.15, 0.2) is 23.0 Å². The van der Waals surface area contributed by atoms with Crippen LogP contribution in [-0.2, 0) is 6.42 Å². The lowest BCUT2D eigenvalue weighted by molar-refractivity contribution is 0.978. The molecule has 1 heterocycles. The van der Waals surface area contributed by atoms with E-state index in [0.29, 0.717) is 15.7 Å². The molecule has 17 heavy (non-hydrogen) atoms. The van der Waals surface area contributed by atoms with Crippen LogP contribution in [0.5, 0.6) is 0 Å². The first-order chi connectivity index (χ1) is 8.16. The maximum atomic E-state index is 5.93. The molecule has 0 aliphatic rings. The van der Waals surface area contributed by atoms with E-state index in [1.165, 1.54) is 0 Å². The Morgan fingerprint density at radius 2 is 2.06 bits per heavy atom. The molecule has 0 fully saturated rings. The molecule has 2 rings (SSSR count). The van der Waals surface area contributed by atoms with E-state index in [4.69, 9.17) is 28.9 Å². The number of halogens is 2. The summed E-state index contributed by atoms with van der Waals surface area (Å²) in [6, 6.07) is 3.38. The lowest BCUT2D eigenvalue weighted by atomic mass is 10.2. The van der Waals surface area contributed by atoms with Gasteiger partial charge in [-0.1, -0.05) is 23.2 Å². The van der Waals surface area contributed by atoms with E-state index in [1.54, 1.807) is 23.5 Å². The Labute approximate surface area is 114 Å². The molecule has 0 unspecified atom stereocenters. The van der Waals surface area contributed by atoms with Gasteiger partial charge in [-0.2, -0.15) is 0 Å². The fourth-order valence-corrected chi connectivity index (χ4v) is 2.33. The van der Waals surface area contributed by atoms with Crippen LogP contribution in [0.3, 0.4) is 0 Å². The second-order valence-electron chi connectivity index (χ2n) is 3.51. The first kappa shape index (κ1) is 12.5. The zero-order valence-electron chi connectivity index (χ0n) is 8.91. The van der Waals surface area contributed by atoms with Crippen molar-refractivity contribution in [2.45, 2.75) is 6.42 Å². The van der Waals surface area contributed by atoms with Crippen molar-refractivity contribution in [2.75, 3.05) is 17.6 Å². The highest BCUT2D eigenvalue weighted by atomic mass is 35.5. The lowest BCUT2D eigenvalue weighted by Crippen LogP contribution is -2.07. The van der Waals surface area contributed by atoms with Gasteiger partial charge in [-0.3, -0.25) is 0 Å². The smallest absolute Gasteiger partial charge is 0.0794 e. The van der Waals surface area contributed by atoms with Crippen LogP contribution in [0.25, 0.3) is 0 Å². The van der Waals surface area contributed by atoms with Crippen LogP contribution in [0, 0.1) is 0 Å². The van der Waals surface area contributed by atoms with Gasteiger partial charge in [-0.25, -0.2) is 4.98 Å². The lowest BCUT2D eigenvalue weighted by Gasteiger charge is -2.09. The summed E-state index contributed by atoms with van der Waals surface area (Å²) in [6.45, 7) is 0.756. The molecule has 0 saturated carbocycles. The molecule has 2 aromatic rings. The number of nitrogens with one attached hydrogen (secondary N) is 1. The molecule has 1 aromatic heterocycles. The van der Waals surface area contributed by atoms with Gasteiger partial charge >= 0.3 is 0 Å². The van der Waals surface area contributed by atoms with Crippen molar-refractivity contribution >= 4 is 45.9 Å². The highest BCUT2D eigenvalue weighted by Gasteiger charge is 2.04. The average Bonchev–Trinajstić information content (AvgIpc) is 2.78. The van der Waals surface area contributed by atoms with Gasteiger partial charge in [-0.05, 0) is 12.1 Å². The number of thiazole rings is 1. The molecule has 0 saturated heterocycles. The third-order valence-electron chi connectivity index (χ3n) is 2.27. The van der Waals surface area contributed by atoms with E-state index in [9.17, 15) is 0 Å². The third kappa shape index (κ3) is 3.25. The van der Waals surface area contributed by atoms with Crippen molar-refractivity contribution in [3.63, 3.8) is 0 Å². The summed E-state index contributed by atoms with van der Waals surface area (Å²) in [5.41, 5.74) is 10.1. The monoisotopic (exact) mass is 287 g/mol. The molecule has 90 valence electrons. The quantitative estimate of drug-likeness (QED) is 0.844. The number of aromatic nitrogens is 1. The van der Waals surface area contributed by atoms with Crippen LogP contribution in [0.2, 0.25) is 10.0 Å². The normalized spacial score (nSPS) is 10.5. The Morgan fingerprint density at radius 3 is 2.76 bits per heavy atom. The summed E-state index contributed by atoms with van der Waals surface area (Å²) in [7, 11) is 0. The molecule has 3 nitrogen and oxygen atoms in total. The number of hydrogen-bond acceptors (Lipinski definition) is 4. The fraction of sp³-hybridized carbons (Fsp3) is 0.182. The Hall–Kier alpha value is -0.970. The first-order valence-corrected chi connectivity index (χ1v) is 6.72. The second-order valence-corrected chi connectivity index (χ2v) is 5.04. The Bertz CT molecular complexity index is 500. The molecule has 0 atom stereocenters. The predicted molar refractivity (Wildman–Crippen MR) is 75.2 cm³/mol. The molecule has 1 aromatic carbocycles. The zero-order chi connectivity index (χ0) is 12.3. The number of nitrogen functional groups attached to an aromatic ring is 1. The summed E-state index contributed by atoms with van der Waals surface area (Å²) in [4.78, 5) is 4.20. The molecule has 0 aliphatic heterocycles. The van der Waals surface area contributed by atoms with Crippen LogP contribution >= 0.6 is 34.5 Å². The fourth-order valence-electron chi connectivity index (χ4n) is 1.40. The summed E-state index contributed by atoms with van der Waals surface area (Å²) >= 11 is 13.4. The molecule has 0 bridgehead atoms. The van der Waals surface area contributed by atoms with E-state index in [2.05, 4.69) is 10.3 Å². The molecule has 0 radical (unpaired) electrons. The minimum absolute atomic E-state index is 0.467. The zero-order valence-corrected chi connectivity index (χ0v) is 11.2. The van der Waals surface area contributed by atoms with Crippen molar-refractivity contribution in [3.05, 3.63) is 38.8 Å². The molecule has 3 N–H and O–H groups in total. The van der Waals surface area contributed by atoms with E-state index in [1.807, 2.05) is 10.9 Å². The average molecular weight is 288 g/mol. The van der Waals surface area contributed by atoms with Crippen molar-refractivity contribution in [1.82, 2.24) is 4.98 Å².